The standard InChI is InChI=1S/C41H58ClN8O13/c1-62-36(30(56)22-52)35(60)28(54)20-50(19-27(53)33(58)34(59)29(55)21-51)17-15-31(57)63-18-4-6-24-9-13-26(14-10-24)25-11-7-23(8-12-25)5-2-3-16-46-41(45)49-40(61)32-38(43)48-39(44)37(42)47-32/h7-14,27-30,33-36,51-52,54-56,58,60H,2-6,15-22H2,1H3,(H6-,43,44,45,46,48,49,61)/q-3/p-1/t27-,28-,29+,30+,33+,34+,35+,36+/m0/s1. The van der Waals surface area contributed by atoms with E-state index in [2.05, 4.69) is 20.6 Å². The second-order valence-electron chi connectivity index (χ2n) is 14.7. The van der Waals surface area contributed by atoms with E-state index < -0.39 is 93.0 Å². The summed E-state index contributed by atoms with van der Waals surface area (Å²) in [6, 6.07) is 16.1. The van der Waals surface area contributed by atoms with Crippen molar-refractivity contribution in [2.75, 3.05) is 64.6 Å². The van der Waals surface area contributed by atoms with Gasteiger partial charge in [-0.05, 0) is 54.5 Å². The van der Waals surface area contributed by atoms with Crippen molar-refractivity contribution < 1.29 is 65.0 Å². The van der Waals surface area contributed by atoms with Gasteiger partial charge in [-0.3, -0.25) is 9.59 Å². The van der Waals surface area contributed by atoms with Crippen molar-refractivity contribution in [2.45, 2.75) is 87.4 Å². The van der Waals surface area contributed by atoms with Gasteiger partial charge in [-0.2, -0.15) is 5.96 Å². The molecular weight excluding hydrogens is 848 g/mol. The molecule has 1 amide bonds. The van der Waals surface area contributed by atoms with Gasteiger partial charge in [0.15, 0.2) is 22.7 Å². The van der Waals surface area contributed by atoms with Gasteiger partial charge in [-0.15, -0.1) is 0 Å². The fraction of sp³-hybridized carbons (Fsp3) is 0.537. The first-order chi connectivity index (χ1) is 30.0. The number of methoxy groups -OCH3 is 1. The molecule has 350 valence electrons. The molecule has 1 aromatic heterocycles. The average Bonchev–Trinajstić information content (AvgIpc) is 3.27. The zero-order chi connectivity index (χ0) is 46.6. The Bertz CT molecular complexity index is 1870. The van der Waals surface area contributed by atoms with E-state index in [4.69, 9.17) is 43.1 Å². The summed E-state index contributed by atoms with van der Waals surface area (Å²) >= 11 is 5.80. The number of hydrogen-bond donors (Lipinski definition) is 10. The van der Waals surface area contributed by atoms with Crippen molar-refractivity contribution in [2.24, 2.45) is 0 Å². The van der Waals surface area contributed by atoms with Crippen LogP contribution in [0, 0.1) is 5.41 Å². The second-order valence-corrected chi connectivity index (χ2v) is 15.1. The quantitative estimate of drug-likeness (QED) is 0.0175. The minimum atomic E-state index is -2.23. The van der Waals surface area contributed by atoms with E-state index in [0.29, 0.717) is 25.8 Å². The smallest absolute Gasteiger partial charge is 0.307 e. The molecule has 22 heteroatoms. The molecule has 0 saturated heterocycles. The summed E-state index contributed by atoms with van der Waals surface area (Å²) in [5.41, 5.74) is 15.0. The minimum Gasteiger partial charge on any atom is -0.849 e. The number of nitrogen functional groups attached to an aromatic ring is 2. The lowest BCUT2D eigenvalue weighted by Crippen LogP contribution is -2.60. The number of unbranched alkanes of at least 4 members (excludes halogenated alkanes) is 1. The van der Waals surface area contributed by atoms with Gasteiger partial charge in [0.05, 0.1) is 38.4 Å². The summed E-state index contributed by atoms with van der Waals surface area (Å²) in [4.78, 5) is 33.6. The van der Waals surface area contributed by atoms with E-state index in [9.17, 15) is 50.4 Å². The average molecular weight is 905 g/mol. The van der Waals surface area contributed by atoms with Crippen LogP contribution >= 0.6 is 11.6 Å². The van der Waals surface area contributed by atoms with Crippen molar-refractivity contribution >= 4 is 41.1 Å². The molecule has 2 aromatic carbocycles. The number of carbonyl (C=O) groups excluding carboxylic acids is 2. The summed E-state index contributed by atoms with van der Waals surface area (Å²) in [7, 11) is 1.14. The highest BCUT2D eigenvalue weighted by molar-refractivity contribution is 6.32. The topological polar surface area (TPSA) is 373 Å². The molecule has 21 nitrogen and oxygen atoms in total. The zero-order valence-electron chi connectivity index (χ0n) is 34.8. The van der Waals surface area contributed by atoms with Crippen molar-refractivity contribution in [3.05, 3.63) is 81.1 Å². The molecule has 0 bridgehead atoms. The van der Waals surface area contributed by atoms with Gasteiger partial charge in [-0.1, -0.05) is 85.3 Å². The van der Waals surface area contributed by atoms with Crippen LogP contribution in [0.4, 0.5) is 11.6 Å². The normalized spacial score (nSPS) is 15.4. The van der Waals surface area contributed by atoms with Crippen LogP contribution < -0.4 is 21.7 Å². The van der Waals surface area contributed by atoms with E-state index in [1.807, 2.05) is 48.5 Å². The number of aliphatic hydroxyl groups excluding tert-OH is 7. The number of aromatic nitrogens is 2. The van der Waals surface area contributed by atoms with Gasteiger partial charge < -0.3 is 87.8 Å². The summed E-state index contributed by atoms with van der Waals surface area (Å²) in [5, 5.41) is 109. The fourth-order valence-corrected chi connectivity index (χ4v) is 6.43. The van der Waals surface area contributed by atoms with E-state index in [1.165, 1.54) is 4.90 Å². The largest absolute Gasteiger partial charge is 0.849 e. The van der Waals surface area contributed by atoms with Crippen LogP contribution in [0.2, 0.25) is 5.15 Å². The maximum Gasteiger partial charge on any atom is 0.307 e. The summed E-state index contributed by atoms with van der Waals surface area (Å²) in [5.74, 6) is -2.37. The molecule has 3 aromatic rings. The van der Waals surface area contributed by atoms with E-state index in [-0.39, 0.29) is 42.1 Å². The molecule has 0 spiro atoms. The Hall–Kier alpha value is -4.62. The highest BCUT2D eigenvalue weighted by Crippen LogP contribution is 2.23. The Morgan fingerprint density at radius 3 is 1.98 bits per heavy atom. The minimum absolute atomic E-state index is 0.0782. The highest BCUT2D eigenvalue weighted by atomic mass is 35.5. The number of nitrogens with one attached hydrogen (secondary N) is 1. The van der Waals surface area contributed by atoms with Crippen LogP contribution in [-0.2, 0) is 27.1 Å². The Kier molecular flexibility index (Phi) is 22.5. The van der Waals surface area contributed by atoms with Gasteiger partial charge >= 0.3 is 5.97 Å². The number of aliphatic hydroxyl groups is 7. The maximum absolute atomic E-state index is 12.8. The number of hydrogen-bond acceptors (Lipinski definition) is 19. The lowest BCUT2D eigenvalue weighted by atomic mass is 10.00. The summed E-state index contributed by atoms with van der Waals surface area (Å²) in [6.07, 6.45) is -11.6. The first-order valence-electron chi connectivity index (χ1n) is 20.1. The number of guanidine groups is 1. The Balaban J connectivity index is 1.41. The number of nitrogens with two attached hydrogens (primary N) is 2. The Morgan fingerprint density at radius 2 is 1.41 bits per heavy atom. The summed E-state index contributed by atoms with van der Waals surface area (Å²) < 4.78 is 10.3. The van der Waals surface area contributed by atoms with Gasteiger partial charge in [0.25, 0.3) is 0 Å². The monoisotopic (exact) mass is 904 g/mol. The molecule has 3 rings (SSSR count). The van der Waals surface area contributed by atoms with Crippen LogP contribution in [0.3, 0.4) is 0 Å². The number of nitrogens with zero attached hydrogens (tertiary/aromatic N) is 5. The van der Waals surface area contributed by atoms with E-state index >= 15 is 0 Å². The van der Waals surface area contributed by atoms with Gasteiger partial charge in [-0.25, -0.2) is 9.97 Å². The zero-order valence-corrected chi connectivity index (χ0v) is 35.5. The van der Waals surface area contributed by atoms with Crippen LogP contribution in [0.15, 0.2) is 48.5 Å². The molecule has 0 aliphatic rings. The molecular formula is C41H57ClN8O13-4. The number of carbonyl (C=O) groups is 2. The van der Waals surface area contributed by atoms with Crippen molar-refractivity contribution in [3.8, 4) is 11.1 Å². The van der Waals surface area contributed by atoms with Crippen molar-refractivity contribution in [1.82, 2.24) is 14.9 Å². The molecule has 63 heavy (non-hydrogen) atoms. The third-order valence-electron chi connectivity index (χ3n) is 9.93. The molecule has 12 N–H and O–H groups in total. The van der Waals surface area contributed by atoms with Crippen LogP contribution in [-0.4, -0.2) is 170 Å². The van der Waals surface area contributed by atoms with Gasteiger partial charge in [0, 0.05) is 26.3 Å². The lowest BCUT2D eigenvalue weighted by molar-refractivity contribution is -0.501. The number of aryl methyl sites for hydroxylation is 2. The predicted octanol–water partition coefficient (Wildman–Crippen LogP) is -1.76. The number of benzene rings is 2. The predicted molar refractivity (Wildman–Crippen MR) is 227 cm³/mol. The molecule has 8 atom stereocenters. The fourth-order valence-electron chi connectivity index (χ4n) is 6.30. The first kappa shape index (κ1) is 52.7. The van der Waals surface area contributed by atoms with Crippen LogP contribution in [0.1, 0.15) is 47.3 Å². The molecule has 0 fully saturated rings. The van der Waals surface area contributed by atoms with Crippen molar-refractivity contribution in [3.63, 3.8) is 0 Å². The Morgan fingerprint density at radius 1 is 0.825 bits per heavy atom. The number of anilines is 2. The first-order valence-corrected chi connectivity index (χ1v) is 20.5. The highest BCUT2D eigenvalue weighted by Gasteiger charge is 2.33. The van der Waals surface area contributed by atoms with Crippen LogP contribution in [0.25, 0.3) is 21.8 Å². The SMILES string of the molecule is CO[C@@H]([C@H](O)[C@@H](O)CN(CCC(=O)OCCCc1ccc(-c2ccc(CCCC[N-]C(=N)[N-]C(=O)c3nc(Cl)c(N)nc3N)cc2)cc1)C[C@H]([O-])[C@@H](O)[C@H]([O-])[C@H](O)CO)[C@H](O)CO. The summed E-state index contributed by atoms with van der Waals surface area (Å²) in [6.45, 7) is -2.68. The lowest BCUT2D eigenvalue weighted by Gasteiger charge is -2.42. The van der Waals surface area contributed by atoms with E-state index in [0.717, 1.165) is 42.2 Å². The molecule has 0 aliphatic carbocycles. The second kappa shape index (κ2) is 26.9. The third-order valence-corrected chi connectivity index (χ3v) is 10.2. The molecule has 1 heterocycles. The molecule has 0 radical (unpaired) electrons. The molecule has 0 saturated carbocycles. The maximum atomic E-state index is 12.8. The van der Waals surface area contributed by atoms with Gasteiger partial charge in [0.2, 0.25) is 0 Å². The van der Waals surface area contributed by atoms with Gasteiger partial charge in [0.1, 0.15) is 24.0 Å². The van der Waals surface area contributed by atoms with Crippen LogP contribution in [0.5, 0.6) is 0 Å². The number of halogens is 1. The third kappa shape index (κ3) is 17.1. The number of rotatable bonds is 27. The Labute approximate surface area is 369 Å². The van der Waals surface area contributed by atoms with E-state index in [1.54, 1.807) is 0 Å². The van der Waals surface area contributed by atoms with Crippen molar-refractivity contribution in [1.29, 1.82) is 5.41 Å². The number of esters is 1. The number of ether oxygens (including phenoxy) is 2. The molecule has 0 aliphatic heterocycles. The molecule has 0 unspecified atom stereocenters. The number of amides is 1.